The van der Waals surface area contributed by atoms with Crippen molar-refractivity contribution in [3.63, 3.8) is 0 Å². The lowest BCUT2D eigenvalue weighted by Crippen LogP contribution is -2.49. The summed E-state index contributed by atoms with van der Waals surface area (Å²) < 4.78 is 1.54. The van der Waals surface area contributed by atoms with Crippen molar-refractivity contribution in [1.29, 1.82) is 0 Å². The van der Waals surface area contributed by atoms with Crippen molar-refractivity contribution < 1.29 is 44.4 Å². The van der Waals surface area contributed by atoms with E-state index < -0.39 is 48.8 Å². The fourth-order valence-electron chi connectivity index (χ4n) is 6.96. The van der Waals surface area contributed by atoms with E-state index in [1.807, 2.05) is 37.3 Å². The Hall–Kier alpha value is -5.64. The Labute approximate surface area is 341 Å². The van der Waals surface area contributed by atoms with E-state index in [9.17, 15) is 39.3 Å². The Kier molecular flexibility index (Phi) is 18.0. The molecule has 0 radical (unpaired) electrons. The zero-order valence-electron chi connectivity index (χ0n) is 33.6. The van der Waals surface area contributed by atoms with Gasteiger partial charge < -0.3 is 67.5 Å². The van der Waals surface area contributed by atoms with E-state index in [1.54, 1.807) is 6.92 Å². The molecule has 0 spiro atoms. The van der Waals surface area contributed by atoms with Crippen LogP contribution < -0.4 is 42.5 Å². The molecule has 12 N–H and O–H groups in total. The molecule has 0 saturated heterocycles. The lowest BCUT2D eigenvalue weighted by molar-refractivity contribution is -0.125. The highest BCUT2D eigenvalue weighted by molar-refractivity contribution is 5.94. The monoisotopic (exact) mass is 826 g/mol. The Morgan fingerprint density at radius 1 is 0.814 bits per heavy atom. The molecule has 21 nitrogen and oxygen atoms in total. The summed E-state index contributed by atoms with van der Waals surface area (Å²) in [6.07, 6.45) is 2.88. The first-order valence-corrected chi connectivity index (χ1v) is 19.9. The van der Waals surface area contributed by atoms with Crippen LogP contribution in [0.3, 0.4) is 0 Å². The van der Waals surface area contributed by atoms with Gasteiger partial charge in [-0.1, -0.05) is 30.3 Å². The average Bonchev–Trinajstić information content (AvgIpc) is 3.77. The second kappa shape index (κ2) is 23.1. The number of benzene rings is 1. The number of aromatic nitrogens is 4. The molecule has 2 saturated carbocycles. The summed E-state index contributed by atoms with van der Waals surface area (Å²) in [5.74, 6) is -1.19. The molecule has 0 aliphatic heterocycles. The van der Waals surface area contributed by atoms with Gasteiger partial charge in [-0.2, -0.15) is 0 Å². The molecule has 21 heteroatoms. The second-order valence-electron chi connectivity index (χ2n) is 14.3. The predicted octanol–water partition coefficient (Wildman–Crippen LogP) is -1.21. The summed E-state index contributed by atoms with van der Waals surface area (Å²) in [5.41, 5.74) is 1.54. The van der Waals surface area contributed by atoms with Gasteiger partial charge in [-0.15, -0.1) is 0 Å². The van der Waals surface area contributed by atoms with Crippen molar-refractivity contribution in [1.82, 2.24) is 56.7 Å². The SMILES string of the molecule is CCNC(=O)NC1CCC(NC(=O)NCCNC(C)=O)CC1.CCNC(=O)c1nc(N[C@H](CO)Cc2ccccc2)c2ncn([C@@H]3C[C@H](NC(=O)CO)[C@@H](O)[C@H]3O)c2n1. The Morgan fingerprint density at radius 3 is 2.03 bits per heavy atom. The van der Waals surface area contributed by atoms with Crippen LogP contribution in [0.25, 0.3) is 11.2 Å². The highest BCUT2D eigenvalue weighted by Crippen LogP contribution is 2.34. The van der Waals surface area contributed by atoms with Crippen LogP contribution in [0.5, 0.6) is 0 Å². The largest absolute Gasteiger partial charge is 0.394 e. The third kappa shape index (κ3) is 13.7. The number of aliphatic hydroxyl groups excluding tert-OH is 4. The molecule has 2 fully saturated rings. The summed E-state index contributed by atoms with van der Waals surface area (Å²) in [7, 11) is 0. The second-order valence-corrected chi connectivity index (χ2v) is 14.3. The molecule has 59 heavy (non-hydrogen) atoms. The summed E-state index contributed by atoms with van der Waals surface area (Å²) in [6.45, 7) is 5.92. The van der Waals surface area contributed by atoms with E-state index >= 15 is 0 Å². The van der Waals surface area contributed by atoms with Crippen molar-refractivity contribution in [3.05, 3.63) is 48.0 Å². The number of urea groups is 2. The Balaban J connectivity index is 0.000000299. The molecule has 0 bridgehead atoms. The number of aliphatic hydroxyl groups is 4. The maximum atomic E-state index is 12.7. The van der Waals surface area contributed by atoms with Gasteiger partial charge in [0.05, 0.1) is 31.1 Å². The zero-order chi connectivity index (χ0) is 42.9. The topological polar surface area (TPSA) is 306 Å². The van der Waals surface area contributed by atoms with Gasteiger partial charge in [0.25, 0.3) is 5.91 Å². The first-order valence-electron chi connectivity index (χ1n) is 19.9. The molecule has 7 amide bonds. The minimum Gasteiger partial charge on any atom is -0.394 e. The number of anilines is 1. The van der Waals surface area contributed by atoms with Gasteiger partial charge in [0, 0.05) is 45.2 Å². The van der Waals surface area contributed by atoms with Crippen LogP contribution in [0.15, 0.2) is 36.7 Å². The zero-order valence-corrected chi connectivity index (χ0v) is 33.6. The number of nitrogens with one attached hydrogen (secondary N) is 8. The third-order valence-corrected chi connectivity index (χ3v) is 9.87. The molecule has 2 heterocycles. The van der Waals surface area contributed by atoms with Crippen LogP contribution >= 0.6 is 0 Å². The molecule has 2 aliphatic carbocycles. The van der Waals surface area contributed by atoms with E-state index in [0.29, 0.717) is 38.1 Å². The maximum absolute atomic E-state index is 12.7. The number of carbonyl (C=O) groups excluding carboxylic acids is 5. The molecular weight excluding hydrogens is 768 g/mol. The molecular formula is C38H58N12O9. The van der Waals surface area contributed by atoms with Crippen LogP contribution in [0.4, 0.5) is 15.4 Å². The minimum absolute atomic E-state index is 0.111. The Morgan fingerprint density at radius 2 is 1.44 bits per heavy atom. The van der Waals surface area contributed by atoms with Crippen molar-refractivity contribution in [2.24, 2.45) is 0 Å². The predicted molar refractivity (Wildman–Crippen MR) is 216 cm³/mol. The first-order chi connectivity index (χ1) is 28.4. The molecule has 2 aliphatic rings. The van der Waals surface area contributed by atoms with E-state index in [0.717, 1.165) is 31.2 Å². The maximum Gasteiger partial charge on any atom is 0.315 e. The van der Waals surface area contributed by atoms with Crippen LogP contribution in [0, 0.1) is 0 Å². The van der Waals surface area contributed by atoms with Gasteiger partial charge in [0.2, 0.25) is 17.6 Å². The van der Waals surface area contributed by atoms with Gasteiger partial charge in [0.15, 0.2) is 11.5 Å². The van der Waals surface area contributed by atoms with Gasteiger partial charge in [0.1, 0.15) is 24.3 Å². The van der Waals surface area contributed by atoms with Gasteiger partial charge in [-0.05, 0) is 57.9 Å². The number of hydrogen-bond donors (Lipinski definition) is 12. The average molecular weight is 827 g/mol. The van der Waals surface area contributed by atoms with Crippen LogP contribution in [-0.2, 0) is 16.0 Å². The van der Waals surface area contributed by atoms with E-state index in [4.69, 9.17) is 5.11 Å². The van der Waals surface area contributed by atoms with Crippen molar-refractivity contribution >= 4 is 46.8 Å². The molecule has 1 aromatic carbocycles. The Bertz CT molecular complexity index is 1840. The molecule has 324 valence electrons. The quantitative estimate of drug-likeness (QED) is 0.0756. The van der Waals surface area contributed by atoms with E-state index in [-0.39, 0.29) is 60.4 Å². The number of imidazole rings is 1. The molecule has 5 rings (SSSR count). The number of nitrogens with zero attached hydrogens (tertiary/aromatic N) is 4. The van der Waals surface area contributed by atoms with Gasteiger partial charge in [-0.3, -0.25) is 14.4 Å². The third-order valence-electron chi connectivity index (χ3n) is 9.87. The number of carbonyl (C=O) groups is 5. The molecule has 3 aromatic rings. The lowest BCUT2D eigenvalue weighted by Gasteiger charge is -2.29. The van der Waals surface area contributed by atoms with E-state index in [2.05, 4.69) is 57.5 Å². The van der Waals surface area contributed by atoms with Crippen LogP contribution in [0.1, 0.15) is 75.1 Å². The number of amides is 7. The van der Waals surface area contributed by atoms with E-state index in [1.165, 1.54) is 17.8 Å². The molecule has 5 atom stereocenters. The fraction of sp³-hybridized carbons (Fsp3) is 0.579. The van der Waals surface area contributed by atoms with Gasteiger partial charge in [-0.25, -0.2) is 24.5 Å². The molecule has 0 unspecified atom stereocenters. The molecule has 2 aromatic heterocycles. The summed E-state index contributed by atoms with van der Waals surface area (Å²) in [5, 5.41) is 62.5. The van der Waals surface area contributed by atoms with Crippen LogP contribution in [-0.4, -0.2) is 145 Å². The van der Waals surface area contributed by atoms with Crippen LogP contribution in [0.2, 0.25) is 0 Å². The fourth-order valence-corrected chi connectivity index (χ4v) is 6.96. The normalized spacial score (nSPS) is 21.5. The summed E-state index contributed by atoms with van der Waals surface area (Å²) in [6, 6.07) is 7.57. The number of hydrogen-bond acceptors (Lipinski definition) is 13. The number of rotatable bonds is 16. The minimum atomic E-state index is -1.29. The van der Waals surface area contributed by atoms with Gasteiger partial charge >= 0.3 is 12.1 Å². The van der Waals surface area contributed by atoms with Crippen molar-refractivity contribution in [3.8, 4) is 0 Å². The summed E-state index contributed by atoms with van der Waals surface area (Å²) in [4.78, 5) is 71.3. The highest BCUT2D eigenvalue weighted by Gasteiger charge is 2.44. The van der Waals surface area contributed by atoms with Crippen molar-refractivity contribution in [2.45, 2.75) is 102 Å². The number of fused-ring (bicyclic) bond motifs is 1. The standard InChI is InChI=1S/C24H31N7O6.C14H27N5O3/c1-2-25-24(37)22-29-21(27-14(10-32)8-13-6-4-3-5-7-13)18-23(30-22)31(12-26-18)16-9-15(19(35)20(16)36)28-17(34)11-33;1-3-15-13(21)18-11-4-6-12(7-5-11)19-14(22)17-9-8-16-10(2)20/h3-7,12,14-16,19-20,32-33,35-36H,2,8-11H2,1H3,(H,25,37)(H,28,34)(H,27,29,30);11-12H,3-9H2,1-2H3,(H,16,20)(H2,15,18,21)(H2,17,19,22)/t14-,15-,16+,19+,20-;/m0./s1. The smallest absolute Gasteiger partial charge is 0.315 e. The summed E-state index contributed by atoms with van der Waals surface area (Å²) >= 11 is 0. The first kappa shape index (κ1) is 46.1. The van der Waals surface area contributed by atoms with Crippen molar-refractivity contribution in [2.75, 3.05) is 44.7 Å². The lowest BCUT2D eigenvalue weighted by atomic mass is 9.91. The highest BCUT2D eigenvalue weighted by atomic mass is 16.3.